The highest BCUT2D eigenvalue weighted by molar-refractivity contribution is 7.05. The molecule has 3 heteroatoms. The summed E-state index contributed by atoms with van der Waals surface area (Å²) in [6.45, 7) is 6.22. The lowest BCUT2D eigenvalue weighted by molar-refractivity contribution is 0.0495. The van der Waals surface area contributed by atoms with Crippen molar-refractivity contribution in [1.82, 2.24) is 4.37 Å². The minimum Gasteiger partial charge on any atom is -0.387 e. The molecule has 0 fully saturated rings. The fourth-order valence-corrected chi connectivity index (χ4v) is 1.73. The van der Waals surface area contributed by atoms with Gasteiger partial charge in [0.05, 0.1) is 11.0 Å². The zero-order chi connectivity index (χ0) is 9.19. The maximum absolute atomic E-state index is 9.91. The van der Waals surface area contributed by atoms with Crippen LogP contribution >= 0.6 is 11.5 Å². The normalized spacial score (nSPS) is 14.7. The van der Waals surface area contributed by atoms with E-state index >= 15 is 0 Å². The van der Waals surface area contributed by atoms with Crippen LogP contribution in [0.5, 0.6) is 0 Å². The largest absolute Gasteiger partial charge is 0.387 e. The lowest BCUT2D eigenvalue weighted by Gasteiger charge is -2.27. The minimum absolute atomic E-state index is 0.0491. The Morgan fingerprint density at radius 3 is 2.75 bits per heavy atom. The van der Waals surface area contributed by atoms with Gasteiger partial charge in [0, 0.05) is 6.20 Å². The van der Waals surface area contributed by atoms with Crippen LogP contribution in [0.25, 0.3) is 0 Å². The van der Waals surface area contributed by atoms with Crippen LogP contribution in [0.1, 0.15) is 38.2 Å². The number of aliphatic hydroxyl groups is 1. The Hall–Kier alpha value is -0.410. The minimum atomic E-state index is -0.380. The molecule has 1 aromatic heterocycles. The second-order valence-electron chi connectivity index (χ2n) is 3.66. The van der Waals surface area contributed by atoms with Gasteiger partial charge in [0.15, 0.2) is 0 Å². The molecule has 1 atom stereocenters. The molecule has 0 aliphatic heterocycles. The molecule has 2 nitrogen and oxygen atoms in total. The van der Waals surface area contributed by atoms with E-state index in [1.54, 1.807) is 6.20 Å². The van der Waals surface area contributed by atoms with Crippen LogP contribution < -0.4 is 0 Å². The van der Waals surface area contributed by atoms with E-state index in [0.29, 0.717) is 0 Å². The Labute approximate surface area is 77.4 Å². The van der Waals surface area contributed by atoms with Gasteiger partial charge in [0.1, 0.15) is 0 Å². The van der Waals surface area contributed by atoms with Gasteiger partial charge in [0.25, 0.3) is 0 Å². The van der Waals surface area contributed by atoms with Gasteiger partial charge < -0.3 is 5.11 Å². The molecule has 0 aliphatic carbocycles. The Kier molecular flexibility index (Phi) is 2.85. The van der Waals surface area contributed by atoms with Crippen molar-refractivity contribution in [3.05, 3.63) is 17.1 Å². The monoisotopic (exact) mass is 185 g/mol. The van der Waals surface area contributed by atoms with Gasteiger partial charge in [-0.15, -0.1) is 0 Å². The summed E-state index contributed by atoms with van der Waals surface area (Å²) in [7, 11) is 0. The molecule has 1 heterocycles. The third-order valence-corrected chi connectivity index (χ3v) is 3.18. The molecular formula is C9H15NOS. The number of aromatic nitrogens is 1. The molecule has 68 valence electrons. The molecule has 0 amide bonds. The molecule has 1 rings (SSSR count). The third kappa shape index (κ3) is 1.84. The van der Waals surface area contributed by atoms with E-state index in [1.165, 1.54) is 11.5 Å². The Morgan fingerprint density at radius 1 is 1.67 bits per heavy atom. The van der Waals surface area contributed by atoms with E-state index in [9.17, 15) is 5.11 Å². The summed E-state index contributed by atoms with van der Waals surface area (Å²) >= 11 is 1.37. The van der Waals surface area contributed by atoms with Gasteiger partial charge in [-0.05, 0) is 29.4 Å². The maximum Gasteiger partial charge on any atom is 0.0948 e. The maximum atomic E-state index is 9.91. The molecule has 0 saturated heterocycles. The van der Waals surface area contributed by atoms with Gasteiger partial charge in [-0.1, -0.05) is 20.8 Å². The first kappa shape index (κ1) is 9.68. The molecule has 1 unspecified atom stereocenters. The van der Waals surface area contributed by atoms with Crippen LogP contribution in [0, 0.1) is 5.41 Å². The molecule has 0 saturated carbocycles. The number of aliphatic hydroxyl groups excluding tert-OH is 1. The zero-order valence-corrected chi connectivity index (χ0v) is 8.56. The number of rotatable bonds is 3. The quantitative estimate of drug-likeness (QED) is 0.785. The Bertz CT molecular complexity index is 231. The average Bonchev–Trinajstić information content (AvgIpc) is 2.55. The summed E-state index contributed by atoms with van der Waals surface area (Å²) in [6, 6.07) is 1.88. The summed E-state index contributed by atoms with van der Waals surface area (Å²) < 4.78 is 3.97. The van der Waals surface area contributed by atoms with Crippen LogP contribution in [0.3, 0.4) is 0 Å². The van der Waals surface area contributed by atoms with Crippen molar-refractivity contribution in [2.45, 2.75) is 33.3 Å². The highest BCUT2D eigenvalue weighted by Gasteiger charge is 2.27. The second kappa shape index (κ2) is 3.54. The molecular weight excluding hydrogens is 170 g/mol. The van der Waals surface area contributed by atoms with Crippen LogP contribution in [-0.2, 0) is 0 Å². The highest BCUT2D eigenvalue weighted by atomic mass is 32.1. The standard InChI is InChI=1S/C9H15NOS/c1-4-9(2,3)8(11)7-5-6-10-12-7/h5-6,8,11H,4H2,1-3H3. The average molecular weight is 185 g/mol. The summed E-state index contributed by atoms with van der Waals surface area (Å²) in [5.74, 6) is 0. The van der Waals surface area contributed by atoms with Crippen LogP contribution in [0.2, 0.25) is 0 Å². The molecule has 0 aliphatic rings. The highest BCUT2D eigenvalue weighted by Crippen LogP contribution is 2.37. The van der Waals surface area contributed by atoms with Crippen LogP contribution in [0.15, 0.2) is 12.3 Å². The number of nitrogens with zero attached hydrogens (tertiary/aromatic N) is 1. The van der Waals surface area contributed by atoms with Gasteiger partial charge >= 0.3 is 0 Å². The summed E-state index contributed by atoms with van der Waals surface area (Å²) in [6.07, 6.45) is 2.32. The lowest BCUT2D eigenvalue weighted by atomic mass is 9.83. The summed E-state index contributed by atoms with van der Waals surface area (Å²) in [5, 5.41) is 9.91. The Morgan fingerprint density at radius 2 is 2.33 bits per heavy atom. The zero-order valence-electron chi connectivity index (χ0n) is 7.74. The summed E-state index contributed by atoms with van der Waals surface area (Å²) in [5.41, 5.74) is -0.0491. The van der Waals surface area contributed by atoms with Crippen molar-refractivity contribution in [2.24, 2.45) is 5.41 Å². The molecule has 1 N–H and O–H groups in total. The fourth-order valence-electron chi connectivity index (χ4n) is 0.945. The van der Waals surface area contributed by atoms with Gasteiger partial charge in [0.2, 0.25) is 0 Å². The third-order valence-electron chi connectivity index (χ3n) is 2.38. The number of hydrogen-bond acceptors (Lipinski definition) is 3. The van der Waals surface area contributed by atoms with Gasteiger partial charge in [-0.25, -0.2) is 4.37 Å². The smallest absolute Gasteiger partial charge is 0.0948 e. The van der Waals surface area contributed by atoms with E-state index in [4.69, 9.17) is 0 Å². The van der Waals surface area contributed by atoms with Gasteiger partial charge in [-0.3, -0.25) is 0 Å². The van der Waals surface area contributed by atoms with E-state index in [-0.39, 0.29) is 11.5 Å². The van der Waals surface area contributed by atoms with Crippen molar-refractivity contribution >= 4 is 11.5 Å². The van der Waals surface area contributed by atoms with Crippen LogP contribution in [0.4, 0.5) is 0 Å². The number of hydrogen-bond donors (Lipinski definition) is 1. The lowest BCUT2D eigenvalue weighted by Crippen LogP contribution is -2.19. The van der Waals surface area contributed by atoms with E-state index in [1.807, 2.05) is 6.07 Å². The topological polar surface area (TPSA) is 33.1 Å². The summed E-state index contributed by atoms with van der Waals surface area (Å²) in [4.78, 5) is 0.960. The first-order chi connectivity index (χ1) is 5.58. The van der Waals surface area contributed by atoms with Crippen molar-refractivity contribution < 1.29 is 5.11 Å². The molecule has 0 bridgehead atoms. The van der Waals surface area contributed by atoms with Crippen molar-refractivity contribution in [2.75, 3.05) is 0 Å². The fraction of sp³-hybridized carbons (Fsp3) is 0.667. The molecule has 0 aromatic carbocycles. The molecule has 1 aromatic rings. The molecule has 12 heavy (non-hydrogen) atoms. The SMILES string of the molecule is CCC(C)(C)C(O)c1ccns1. The van der Waals surface area contributed by atoms with Crippen molar-refractivity contribution in [1.29, 1.82) is 0 Å². The molecule has 0 radical (unpaired) electrons. The van der Waals surface area contributed by atoms with Crippen molar-refractivity contribution in [3.8, 4) is 0 Å². The predicted octanol–water partition coefficient (Wildman–Crippen LogP) is 2.61. The van der Waals surface area contributed by atoms with E-state index in [2.05, 4.69) is 25.1 Å². The van der Waals surface area contributed by atoms with Gasteiger partial charge in [-0.2, -0.15) is 0 Å². The van der Waals surface area contributed by atoms with E-state index in [0.717, 1.165) is 11.3 Å². The molecule has 0 spiro atoms. The predicted molar refractivity (Wildman–Crippen MR) is 51.1 cm³/mol. The first-order valence-electron chi connectivity index (χ1n) is 4.16. The first-order valence-corrected chi connectivity index (χ1v) is 4.94. The second-order valence-corrected chi connectivity index (χ2v) is 4.52. The van der Waals surface area contributed by atoms with Crippen LogP contribution in [-0.4, -0.2) is 9.48 Å². The van der Waals surface area contributed by atoms with Crippen molar-refractivity contribution in [3.63, 3.8) is 0 Å². The van der Waals surface area contributed by atoms with E-state index < -0.39 is 0 Å². The Balaban J connectivity index is 2.78.